The number of benzene rings is 1. The second kappa shape index (κ2) is 7.19. The lowest BCUT2D eigenvalue weighted by Crippen LogP contribution is -2.32. The van der Waals surface area contributed by atoms with Gasteiger partial charge in [0, 0.05) is 13.6 Å². The molecule has 0 fully saturated rings. The first-order valence-corrected chi connectivity index (χ1v) is 9.05. The van der Waals surface area contributed by atoms with Crippen molar-refractivity contribution in [2.75, 3.05) is 7.05 Å². The van der Waals surface area contributed by atoms with Crippen LogP contribution in [0.2, 0.25) is 0 Å². The summed E-state index contributed by atoms with van der Waals surface area (Å²) in [6, 6.07) is 14.5. The van der Waals surface area contributed by atoms with Gasteiger partial charge in [0.2, 0.25) is 0 Å². The van der Waals surface area contributed by atoms with Crippen LogP contribution >= 0.6 is 0 Å². The van der Waals surface area contributed by atoms with Crippen molar-refractivity contribution >= 4 is 16.9 Å². The molecule has 0 atom stereocenters. The monoisotopic (exact) mass is 376 g/mol. The van der Waals surface area contributed by atoms with Crippen molar-refractivity contribution in [3.63, 3.8) is 0 Å². The van der Waals surface area contributed by atoms with Gasteiger partial charge in [-0.2, -0.15) is 0 Å². The van der Waals surface area contributed by atoms with E-state index in [0.29, 0.717) is 18.0 Å². The van der Waals surface area contributed by atoms with E-state index < -0.39 is 5.56 Å². The van der Waals surface area contributed by atoms with Gasteiger partial charge < -0.3 is 18.9 Å². The topological polar surface area (TPSA) is 84.1 Å². The van der Waals surface area contributed by atoms with E-state index in [1.54, 1.807) is 25.2 Å². The van der Waals surface area contributed by atoms with Crippen LogP contribution in [0.5, 0.6) is 0 Å². The van der Waals surface area contributed by atoms with Gasteiger partial charge >= 0.3 is 0 Å². The zero-order valence-electron chi connectivity index (χ0n) is 15.7. The molecule has 7 nitrogen and oxygen atoms in total. The molecular weight excluding hydrogens is 356 g/mol. The molecule has 1 amide bonds. The fourth-order valence-corrected chi connectivity index (χ4v) is 3.31. The molecule has 3 aromatic heterocycles. The Hall–Kier alpha value is -3.61. The number of carbonyl (C=O) groups is 1. The van der Waals surface area contributed by atoms with Crippen molar-refractivity contribution in [1.82, 2.24) is 19.4 Å². The number of nitrogens with one attached hydrogen (secondary N) is 1. The standard InChI is InChI=1S/C21H20N4O3/c1-3-25-17-8-5-4-7-15(17)22-19(25)13-24(2)21(27)14-10-11-16(23-20(14)26)18-9-6-12-28-18/h4-12H,3,13H2,1-2H3,(H,23,26). The number of amides is 1. The number of para-hydroxylation sites is 2. The maximum absolute atomic E-state index is 12.8. The molecule has 0 aliphatic carbocycles. The van der Waals surface area contributed by atoms with E-state index >= 15 is 0 Å². The minimum atomic E-state index is -0.449. The fourth-order valence-electron chi connectivity index (χ4n) is 3.31. The minimum Gasteiger partial charge on any atom is -0.463 e. The van der Waals surface area contributed by atoms with Crippen LogP contribution < -0.4 is 5.56 Å². The van der Waals surface area contributed by atoms with Crippen molar-refractivity contribution in [2.45, 2.75) is 20.0 Å². The largest absolute Gasteiger partial charge is 0.463 e. The highest BCUT2D eigenvalue weighted by molar-refractivity contribution is 5.93. The van der Waals surface area contributed by atoms with Gasteiger partial charge in [0.1, 0.15) is 17.1 Å². The number of H-pyrrole nitrogens is 1. The summed E-state index contributed by atoms with van der Waals surface area (Å²) in [5.41, 5.74) is 2.08. The van der Waals surface area contributed by atoms with Crippen molar-refractivity contribution in [2.24, 2.45) is 0 Å². The molecule has 4 aromatic rings. The number of aromatic amines is 1. The summed E-state index contributed by atoms with van der Waals surface area (Å²) in [5.74, 6) is 0.964. The van der Waals surface area contributed by atoms with Crippen LogP contribution in [0.25, 0.3) is 22.5 Å². The molecule has 0 saturated carbocycles. The lowest BCUT2D eigenvalue weighted by Gasteiger charge is -2.17. The normalized spacial score (nSPS) is 11.1. The highest BCUT2D eigenvalue weighted by Crippen LogP contribution is 2.18. The number of hydrogen-bond donors (Lipinski definition) is 1. The first-order chi connectivity index (χ1) is 13.6. The van der Waals surface area contributed by atoms with Gasteiger partial charge in [0.15, 0.2) is 0 Å². The van der Waals surface area contributed by atoms with Crippen molar-refractivity contribution in [3.8, 4) is 11.5 Å². The number of fused-ring (bicyclic) bond motifs is 1. The maximum atomic E-state index is 12.8. The third-order valence-corrected chi connectivity index (χ3v) is 4.70. The molecule has 0 spiro atoms. The number of hydrogen-bond acceptors (Lipinski definition) is 4. The van der Waals surface area contributed by atoms with E-state index in [-0.39, 0.29) is 11.5 Å². The predicted molar refractivity (Wildman–Crippen MR) is 106 cm³/mol. The molecule has 1 aromatic carbocycles. The Kier molecular flexibility index (Phi) is 4.57. The van der Waals surface area contributed by atoms with E-state index in [0.717, 1.165) is 23.4 Å². The van der Waals surface area contributed by atoms with Gasteiger partial charge in [-0.3, -0.25) is 9.59 Å². The molecule has 142 valence electrons. The Morgan fingerprint density at radius 2 is 2.00 bits per heavy atom. The van der Waals surface area contributed by atoms with Gasteiger partial charge in [-0.05, 0) is 43.3 Å². The molecule has 0 saturated heterocycles. The van der Waals surface area contributed by atoms with Crippen LogP contribution in [0.15, 0.2) is 64.0 Å². The molecule has 1 N–H and O–H groups in total. The maximum Gasteiger partial charge on any atom is 0.261 e. The summed E-state index contributed by atoms with van der Waals surface area (Å²) in [7, 11) is 1.67. The van der Waals surface area contributed by atoms with Crippen LogP contribution in [0, 0.1) is 0 Å². The van der Waals surface area contributed by atoms with E-state index in [4.69, 9.17) is 4.42 Å². The van der Waals surface area contributed by atoms with Gasteiger partial charge in [0.25, 0.3) is 11.5 Å². The SMILES string of the molecule is CCn1c(CN(C)C(=O)c2ccc(-c3ccco3)[nH]c2=O)nc2ccccc21. The first kappa shape index (κ1) is 17.8. The number of rotatable bonds is 5. The third-order valence-electron chi connectivity index (χ3n) is 4.70. The average Bonchev–Trinajstić information content (AvgIpc) is 3.35. The van der Waals surface area contributed by atoms with Crippen molar-refractivity contribution in [3.05, 3.63) is 76.5 Å². The van der Waals surface area contributed by atoms with E-state index in [2.05, 4.69) is 14.5 Å². The molecule has 0 bridgehead atoms. The molecule has 0 aliphatic rings. The van der Waals surface area contributed by atoms with Gasteiger partial charge in [-0.1, -0.05) is 12.1 Å². The summed E-state index contributed by atoms with van der Waals surface area (Å²) < 4.78 is 7.35. The summed E-state index contributed by atoms with van der Waals surface area (Å²) in [6.45, 7) is 3.09. The highest BCUT2D eigenvalue weighted by atomic mass is 16.3. The Morgan fingerprint density at radius 3 is 2.71 bits per heavy atom. The van der Waals surface area contributed by atoms with Gasteiger partial charge in [-0.25, -0.2) is 4.98 Å². The Morgan fingerprint density at radius 1 is 1.18 bits per heavy atom. The second-order valence-electron chi connectivity index (χ2n) is 6.51. The molecule has 0 aliphatic heterocycles. The Labute approximate surface area is 161 Å². The molecule has 4 rings (SSSR count). The van der Waals surface area contributed by atoms with Crippen LogP contribution in [0.4, 0.5) is 0 Å². The molecule has 7 heteroatoms. The number of imidazole rings is 1. The van der Waals surface area contributed by atoms with Crippen molar-refractivity contribution < 1.29 is 9.21 Å². The quantitative estimate of drug-likeness (QED) is 0.579. The number of furan rings is 1. The number of pyridine rings is 1. The van der Waals surface area contributed by atoms with Crippen molar-refractivity contribution in [1.29, 1.82) is 0 Å². The average molecular weight is 376 g/mol. The zero-order chi connectivity index (χ0) is 19.7. The van der Waals surface area contributed by atoms with Crippen LogP contribution in [0.1, 0.15) is 23.1 Å². The van der Waals surface area contributed by atoms with Crippen LogP contribution in [-0.2, 0) is 13.1 Å². The fraction of sp³-hybridized carbons (Fsp3) is 0.190. The molecule has 3 heterocycles. The first-order valence-electron chi connectivity index (χ1n) is 9.05. The summed E-state index contributed by atoms with van der Waals surface area (Å²) in [4.78, 5) is 34.1. The predicted octanol–water partition coefficient (Wildman–Crippen LogP) is 3.28. The molecule has 0 radical (unpaired) electrons. The summed E-state index contributed by atoms with van der Waals surface area (Å²) >= 11 is 0. The Balaban J connectivity index is 1.60. The van der Waals surface area contributed by atoms with E-state index in [1.165, 1.54) is 17.2 Å². The van der Waals surface area contributed by atoms with E-state index in [1.807, 2.05) is 31.2 Å². The highest BCUT2D eigenvalue weighted by Gasteiger charge is 2.19. The number of aromatic nitrogens is 3. The summed E-state index contributed by atoms with van der Waals surface area (Å²) in [5, 5.41) is 0. The zero-order valence-corrected chi connectivity index (χ0v) is 15.7. The molecule has 0 unspecified atom stereocenters. The summed E-state index contributed by atoms with van der Waals surface area (Å²) in [6.07, 6.45) is 1.53. The third kappa shape index (κ3) is 3.11. The van der Waals surface area contributed by atoms with Gasteiger partial charge in [-0.15, -0.1) is 0 Å². The lowest BCUT2D eigenvalue weighted by molar-refractivity contribution is 0.0778. The number of carbonyl (C=O) groups excluding carboxylic acids is 1. The minimum absolute atomic E-state index is 0.0805. The smallest absolute Gasteiger partial charge is 0.261 e. The molecule has 28 heavy (non-hydrogen) atoms. The number of aryl methyl sites for hydroxylation is 1. The lowest BCUT2D eigenvalue weighted by atomic mass is 10.2. The van der Waals surface area contributed by atoms with Crippen LogP contribution in [0.3, 0.4) is 0 Å². The second-order valence-corrected chi connectivity index (χ2v) is 6.51. The molecular formula is C21H20N4O3. The van der Waals surface area contributed by atoms with E-state index in [9.17, 15) is 9.59 Å². The Bertz CT molecular complexity index is 1190. The van der Waals surface area contributed by atoms with Crippen LogP contribution in [-0.4, -0.2) is 32.4 Å². The number of nitrogens with zero attached hydrogens (tertiary/aromatic N) is 3. The van der Waals surface area contributed by atoms with Gasteiger partial charge in [0.05, 0.1) is 29.5 Å².